The predicted octanol–water partition coefficient (Wildman–Crippen LogP) is 4.04. The minimum Gasteiger partial charge on any atom is -0.385 e. The number of aldehydes is 1. The molecule has 0 saturated carbocycles. The van der Waals surface area contributed by atoms with E-state index in [1.165, 1.54) is 0 Å². The fraction of sp³-hybridized carbons (Fsp3) is 0.294. The monoisotopic (exact) mass is 303 g/mol. The number of hydrogen-bond donors (Lipinski definition) is 1. The summed E-state index contributed by atoms with van der Waals surface area (Å²) in [5.74, 6) is 0.0431. The van der Waals surface area contributed by atoms with Crippen LogP contribution in [-0.2, 0) is 9.53 Å². The van der Waals surface area contributed by atoms with Gasteiger partial charge in [-0.2, -0.15) is 0 Å². The van der Waals surface area contributed by atoms with Crippen molar-refractivity contribution in [1.29, 1.82) is 0 Å². The second-order valence-corrected chi connectivity index (χ2v) is 5.63. The first kappa shape index (κ1) is 15.6. The summed E-state index contributed by atoms with van der Waals surface area (Å²) in [7, 11) is 1.67. The highest BCUT2D eigenvalue weighted by Crippen LogP contribution is 2.29. The van der Waals surface area contributed by atoms with Crippen LogP contribution in [0.3, 0.4) is 0 Å². The van der Waals surface area contributed by atoms with Crippen LogP contribution in [0.1, 0.15) is 20.3 Å². The van der Waals surface area contributed by atoms with Crippen molar-refractivity contribution >= 4 is 39.8 Å². The van der Waals surface area contributed by atoms with Crippen LogP contribution >= 0.6 is 12.2 Å². The zero-order valence-corrected chi connectivity index (χ0v) is 13.1. The number of carbonyl (C=O) groups is 1. The van der Waals surface area contributed by atoms with Crippen molar-refractivity contribution in [3.63, 3.8) is 0 Å². The fourth-order valence-corrected chi connectivity index (χ4v) is 2.78. The van der Waals surface area contributed by atoms with Gasteiger partial charge in [0.2, 0.25) is 0 Å². The lowest BCUT2D eigenvalue weighted by atomic mass is 9.87. The molecular weight excluding hydrogens is 282 g/mol. The topological polar surface area (TPSA) is 42.1 Å². The number of hydrogen-bond acceptors (Lipinski definition) is 3. The predicted molar refractivity (Wildman–Crippen MR) is 92.7 cm³/mol. The number of methoxy groups -OCH3 is 1. The summed E-state index contributed by atoms with van der Waals surface area (Å²) >= 11 is 5.38. The van der Waals surface area contributed by atoms with Gasteiger partial charge in [0, 0.05) is 32.8 Å². The lowest BCUT2D eigenvalue weighted by Gasteiger charge is -2.19. The molecule has 0 spiro atoms. The molecule has 0 amide bonds. The molecule has 1 atom stereocenters. The molecule has 0 bridgehead atoms. The highest BCUT2D eigenvalue weighted by molar-refractivity contribution is 7.80. The summed E-state index contributed by atoms with van der Waals surface area (Å²) < 4.78 is 5.16. The molecule has 4 heteroatoms. The lowest BCUT2D eigenvalue weighted by Crippen LogP contribution is -2.14. The zero-order chi connectivity index (χ0) is 15.2. The Morgan fingerprint density at radius 2 is 2.29 bits per heavy atom. The van der Waals surface area contributed by atoms with Crippen molar-refractivity contribution in [3.8, 4) is 0 Å². The smallest absolute Gasteiger partial charge is 0.143 e. The first-order valence-electron chi connectivity index (χ1n) is 6.89. The van der Waals surface area contributed by atoms with Gasteiger partial charge < -0.3 is 9.72 Å². The zero-order valence-electron chi connectivity index (χ0n) is 12.3. The van der Waals surface area contributed by atoms with Gasteiger partial charge in [-0.25, -0.2) is 0 Å². The van der Waals surface area contributed by atoms with Crippen molar-refractivity contribution in [2.75, 3.05) is 13.7 Å². The van der Waals surface area contributed by atoms with Crippen molar-refractivity contribution in [1.82, 2.24) is 4.98 Å². The Morgan fingerprint density at radius 3 is 2.95 bits per heavy atom. The number of benzene rings is 1. The summed E-state index contributed by atoms with van der Waals surface area (Å²) in [5.41, 5.74) is 3.06. The summed E-state index contributed by atoms with van der Waals surface area (Å²) in [5, 5.41) is 1.12. The van der Waals surface area contributed by atoms with Gasteiger partial charge in [-0.05, 0) is 59.0 Å². The van der Waals surface area contributed by atoms with Crippen molar-refractivity contribution < 1.29 is 11.0 Å². The molecule has 0 aliphatic heterocycles. The molecule has 1 aromatic heterocycles. The van der Waals surface area contributed by atoms with Crippen LogP contribution in [0.4, 0.5) is 0 Å². The van der Waals surface area contributed by atoms with Gasteiger partial charge in [-0.1, -0.05) is 18.3 Å². The summed E-state index contributed by atoms with van der Waals surface area (Å²) in [6.07, 6.45) is 5.12. The van der Waals surface area contributed by atoms with E-state index in [9.17, 15) is 4.79 Å². The Labute approximate surface area is 131 Å². The van der Waals surface area contributed by atoms with Crippen molar-refractivity contribution in [3.05, 3.63) is 42.1 Å². The number of aromatic amines is 1. The maximum absolute atomic E-state index is 11.0. The Morgan fingerprint density at radius 1 is 1.48 bits per heavy atom. The number of allylic oxidation sites excluding steroid dienone is 2. The number of nitrogens with one attached hydrogen (secondary N) is 1. The van der Waals surface area contributed by atoms with Gasteiger partial charge in [0.15, 0.2) is 0 Å². The maximum atomic E-state index is 11.0. The van der Waals surface area contributed by atoms with E-state index in [-0.39, 0.29) is 7.34 Å². The molecule has 1 aromatic carbocycles. The lowest BCUT2D eigenvalue weighted by molar-refractivity contribution is -0.104. The molecule has 1 unspecified atom stereocenters. The molecule has 21 heavy (non-hydrogen) atoms. The third kappa shape index (κ3) is 3.65. The SMILES string of the molecule is COCCC(C(C)=S)/C(=C\C=O)c1ccc2[nH]ccc2c1.[HH]. The Bertz CT molecular complexity index is 678. The van der Waals surface area contributed by atoms with Crippen LogP contribution < -0.4 is 0 Å². The molecule has 0 saturated heterocycles. The molecule has 2 rings (SSSR count). The van der Waals surface area contributed by atoms with E-state index in [1.807, 2.05) is 31.3 Å². The van der Waals surface area contributed by atoms with Crippen LogP contribution in [0.25, 0.3) is 16.5 Å². The number of carbonyl (C=O) groups excluding carboxylic acids is 1. The molecule has 1 N–H and O–H groups in total. The summed E-state index contributed by atoms with van der Waals surface area (Å²) in [6.45, 7) is 2.53. The van der Waals surface area contributed by atoms with E-state index < -0.39 is 0 Å². The molecule has 3 nitrogen and oxygen atoms in total. The second kappa shape index (κ2) is 7.29. The molecular formula is C17H21NO2S. The van der Waals surface area contributed by atoms with Crippen LogP contribution in [0.2, 0.25) is 0 Å². The maximum Gasteiger partial charge on any atom is 0.143 e. The van der Waals surface area contributed by atoms with E-state index >= 15 is 0 Å². The van der Waals surface area contributed by atoms with Gasteiger partial charge in [-0.3, -0.25) is 4.79 Å². The third-order valence-electron chi connectivity index (χ3n) is 3.61. The van der Waals surface area contributed by atoms with Gasteiger partial charge in [0.1, 0.15) is 6.29 Å². The number of H-pyrrole nitrogens is 1. The van der Waals surface area contributed by atoms with Gasteiger partial charge in [0.05, 0.1) is 0 Å². The van der Waals surface area contributed by atoms with Gasteiger partial charge in [0.25, 0.3) is 0 Å². The Kier molecular flexibility index (Phi) is 5.42. The molecule has 0 aliphatic carbocycles. The van der Waals surface area contributed by atoms with Crippen LogP contribution in [0, 0.1) is 5.92 Å². The van der Waals surface area contributed by atoms with Crippen molar-refractivity contribution in [2.45, 2.75) is 13.3 Å². The second-order valence-electron chi connectivity index (χ2n) is 4.98. The third-order valence-corrected chi connectivity index (χ3v) is 3.90. The largest absolute Gasteiger partial charge is 0.385 e. The number of fused-ring (bicyclic) bond motifs is 1. The normalized spacial score (nSPS) is 13.3. The molecule has 112 valence electrons. The fourth-order valence-electron chi connectivity index (χ4n) is 2.53. The Balaban J connectivity index is 0.00000242. The van der Waals surface area contributed by atoms with E-state index in [0.29, 0.717) is 6.61 Å². The number of ether oxygens (including phenoxy) is 1. The minimum atomic E-state index is 0. The number of rotatable bonds is 7. The average molecular weight is 303 g/mol. The molecule has 0 aliphatic rings. The standard InChI is InChI=1S/C17H19NO2S.H2/c1-12(21)15(7-10-20-2)16(6-9-19)13-3-4-17-14(11-13)5-8-18-17;/h3-6,8-9,11,15,18H,7,10H2,1-2H3;1H/b16-6-;. The molecule has 1 heterocycles. The highest BCUT2D eigenvalue weighted by Gasteiger charge is 2.18. The first-order valence-corrected chi connectivity index (χ1v) is 7.30. The number of aromatic nitrogens is 1. The van der Waals surface area contributed by atoms with Gasteiger partial charge in [-0.15, -0.1) is 0 Å². The Hall–Kier alpha value is -1.78. The van der Waals surface area contributed by atoms with Crippen LogP contribution in [0.5, 0.6) is 0 Å². The average Bonchev–Trinajstić information content (AvgIpc) is 2.93. The van der Waals surface area contributed by atoms with Crippen LogP contribution in [-0.4, -0.2) is 29.9 Å². The highest BCUT2D eigenvalue weighted by atomic mass is 32.1. The number of thiocarbonyl (C=S) groups is 1. The minimum absolute atomic E-state index is 0. The van der Waals surface area contributed by atoms with E-state index in [1.54, 1.807) is 13.2 Å². The van der Waals surface area contributed by atoms with E-state index in [0.717, 1.165) is 39.6 Å². The van der Waals surface area contributed by atoms with Crippen molar-refractivity contribution in [2.24, 2.45) is 5.92 Å². The molecule has 0 radical (unpaired) electrons. The molecule has 2 aromatic rings. The van der Waals surface area contributed by atoms with Crippen LogP contribution in [0.15, 0.2) is 36.5 Å². The van der Waals surface area contributed by atoms with Gasteiger partial charge >= 0.3 is 0 Å². The van der Waals surface area contributed by atoms with E-state index in [2.05, 4.69) is 11.1 Å². The summed E-state index contributed by atoms with van der Waals surface area (Å²) in [6, 6.07) is 8.15. The quantitative estimate of drug-likeness (QED) is 0.477. The summed E-state index contributed by atoms with van der Waals surface area (Å²) in [4.78, 5) is 15.1. The first-order chi connectivity index (χ1) is 10.2. The molecule has 0 fully saturated rings. The van der Waals surface area contributed by atoms with E-state index in [4.69, 9.17) is 17.0 Å².